The summed E-state index contributed by atoms with van der Waals surface area (Å²) in [5.41, 5.74) is 1.10. The second-order valence-electron chi connectivity index (χ2n) is 2.68. The molecule has 0 saturated carbocycles. The standard InChI is InChI=1S/C9H8BrNOSe/c10-5-6-11-7-3-1-2-4-8(7)13-9(11)12/h1-4H,5-6H2. The Balaban J connectivity index is 2.71. The number of para-hydroxylation sites is 1. The number of hydrogen-bond acceptors (Lipinski definition) is 1. The molecule has 0 bridgehead atoms. The second-order valence-corrected chi connectivity index (χ2v) is 5.55. The Bertz CT molecular complexity index is 474. The van der Waals surface area contributed by atoms with Gasteiger partial charge in [-0.05, 0) is 0 Å². The van der Waals surface area contributed by atoms with Crippen LogP contribution in [0.25, 0.3) is 9.78 Å². The fourth-order valence-electron chi connectivity index (χ4n) is 1.31. The second kappa shape index (κ2) is 3.82. The van der Waals surface area contributed by atoms with E-state index in [1.807, 2.05) is 28.8 Å². The molecule has 2 aromatic rings. The number of aryl methyl sites for hydroxylation is 1. The monoisotopic (exact) mass is 305 g/mol. The van der Waals surface area contributed by atoms with E-state index in [2.05, 4.69) is 15.9 Å². The summed E-state index contributed by atoms with van der Waals surface area (Å²) in [4.78, 5) is 11.6. The van der Waals surface area contributed by atoms with Crippen molar-refractivity contribution < 1.29 is 0 Å². The van der Waals surface area contributed by atoms with Gasteiger partial charge in [0.25, 0.3) is 0 Å². The molecular formula is C9H8BrNOSe. The van der Waals surface area contributed by atoms with Crippen LogP contribution < -0.4 is 4.43 Å². The minimum absolute atomic E-state index is 0.00123. The average Bonchev–Trinajstić information content (AvgIpc) is 2.44. The van der Waals surface area contributed by atoms with Crippen LogP contribution in [-0.2, 0) is 6.54 Å². The van der Waals surface area contributed by atoms with E-state index in [4.69, 9.17) is 0 Å². The van der Waals surface area contributed by atoms with E-state index in [1.54, 1.807) is 0 Å². The number of nitrogens with zero attached hydrogens (tertiary/aromatic N) is 1. The molecule has 1 aromatic heterocycles. The zero-order valence-electron chi connectivity index (χ0n) is 6.87. The summed E-state index contributed by atoms with van der Waals surface area (Å²) in [7, 11) is 0. The van der Waals surface area contributed by atoms with E-state index < -0.39 is 0 Å². The van der Waals surface area contributed by atoms with Crippen LogP contribution in [0.3, 0.4) is 0 Å². The number of fused-ring (bicyclic) bond motifs is 1. The molecule has 4 heteroatoms. The normalized spacial score (nSPS) is 10.8. The van der Waals surface area contributed by atoms with Gasteiger partial charge in [0.2, 0.25) is 0 Å². The Morgan fingerprint density at radius 1 is 1.38 bits per heavy atom. The topological polar surface area (TPSA) is 22.0 Å². The number of benzene rings is 1. The van der Waals surface area contributed by atoms with E-state index in [-0.39, 0.29) is 18.9 Å². The summed E-state index contributed by atoms with van der Waals surface area (Å²) in [6.45, 7) is 0.775. The summed E-state index contributed by atoms with van der Waals surface area (Å²) in [5, 5.41) is 0.836. The molecule has 0 aliphatic carbocycles. The van der Waals surface area contributed by atoms with E-state index in [0.29, 0.717) is 0 Å². The molecule has 0 N–H and O–H groups in total. The van der Waals surface area contributed by atoms with Crippen molar-refractivity contribution >= 4 is 40.2 Å². The first-order chi connectivity index (χ1) is 6.33. The first-order valence-corrected chi connectivity index (χ1v) is 6.80. The summed E-state index contributed by atoms with van der Waals surface area (Å²) < 4.78 is 3.35. The van der Waals surface area contributed by atoms with Crippen molar-refractivity contribution in [1.82, 2.24) is 4.57 Å². The number of alkyl halides is 1. The van der Waals surface area contributed by atoms with Gasteiger partial charge < -0.3 is 0 Å². The Kier molecular flexibility index (Phi) is 2.72. The van der Waals surface area contributed by atoms with Gasteiger partial charge in [-0.25, -0.2) is 0 Å². The summed E-state index contributed by atoms with van der Waals surface area (Å²) in [6.07, 6.45) is 0. The van der Waals surface area contributed by atoms with Gasteiger partial charge in [0.1, 0.15) is 0 Å². The first kappa shape index (κ1) is 9.25. The zero-order valence-corrected chi connectivity index (χ0v) is 10.2. The summed E-state index contributed by atoms with van der Waals surface area (Å²) in [6, 6.07) is 8.03. The Labute approximate surface area is 90.1 Å². The molecule has 2 rings (SSSR count). The van der Waals surface area contributed by atoms with Crippen LogP contribution in [0.1, 0.15) is 0 Å². The van der Waals surface area contributed by atoms with E-state index in [9.17, 15) is 4.79 Å². The third-order valence-electron chi connectivity index (χ3n) is 1.88. The van der Waals surface area contributed by atoms with Crippen molar-refractivity contribution in [2.24, 2.45) is 0 Å². The van der Waals surface area contributed by atoms with E-state index in [0.717, 1.165) is 17.4 Å². The van der Waals surface area contributed by atoms with Crippen molar-refractivity contribution in [3.63, 3.8) is 0 Å². The maximum atomic E-state index is 11.6. The van der Waals surface area contributed by atoms with Gasteiger partial charge in [-0.15, -0.1) is 0 Å². The van der Waals surface area contributed by atoms with Crippen molar-refractivity contribution in [1.29, 1.82) is 0 Å². The molecule has 2 nitrogen and oxygen atoms in total. The third-order valence-corrected chi connectivity index (χ3v) is 4.25. The third kappa shape index (κ3) is 1.66. The van der Waals surface area contributed by atoms with Crippen molar-refractivity contribution in [2.75, 3.05) is 5.33 Å². The molecule has 68 valence electrons. The van der Waals surface area contributed by atoms with Crippen LogP contribution in [-0.4, -0.2) is 24.4 Å². The van der Waals surface area contributed by atoms with Crippen molar-refractivity contribution in [3.05, 3.63) is 33.5 Å². The quantitative estimate of drug-likeness (QED) is 0.608. The number of hydrogen-bond donors (Lipinski definition) is 0. The van der Waals surface area contributed by atoms with Crippen LogP contribution in [0.4, 0.5) is 0 Å². The van der Waals surface area contributed by atoms with Crippen LogP contribution in [0, 0.1) is 0 Å². The number of halogens is 1. The molecular weight excluding hydrogens is 297 g/mol. The Hall–Kier alpha value is -0.311. The molecule has 0 atom stereocenters. The Morgan fingerprint density at radius 3 is 2.92 bits per heavy atom. The van der Waals surface area contributed by atoms with Crippen LogP contribution in [0.2, 0.25) is 0 Å². The SMILES string of the molecule is O=c1[se]c2ccccc2n1CCBr. The van der Waals surface area contributed by atoms with Crippen LogP contribution in [0.5, 0.6) is 0 Å². The molecule has 0 unspecified atom stereocenters. The molecule has 0 fully saturated rings. The zero-order chi connectivity index (χ0) is 9.26. The fourth-order valence-corrected chi connectivity index (χ4v) is 3.59. The summed E-state index contributed by atoms with van der Waals surface area (Å²) in [5.74, 6) is 0. The van der Waals surface area contributed by atoms with Gasteiger partial charge >= 0.3 is 90.1 Å². The predicted molar refractivity (Wildman–Crippen MR) is 58.9 cm³/mol. The van der Waals surface area contributed by atoms with Crippen LogP contribution in [0.15, 0.2) is 29.1 Å². The van der Waals surface area contributed by atoms with Gasteiger partial charge in [0.15, 0.2) is 0 Å². The van der Waals surface area contributed by atoms with Crippen LogP contribution >= 0.6 is 15.9 Å². The predicted octanol–water partition coefficient (Wildman–Crippen LogP) is 1.45. The maximum absolute atomic E-state index is 11.6. The van der Waals surface area contributed by atoms with Crippen molar-refractivity contribution in [3.8, 4) is 0 Å². The molecule has 1 heterocycles. The summed E-state index contributed by atoms with van der Waals surface area (Å²) >= 11 is 3.35. The van der Waals surface area contributed by atoms with E-state index >= 15 is 0 Å². The molecule has 0 radical (unpaired) electrons. The average molecular weight is 305 g/mol. The molecule has 0 saturated heterocycles. The molecule has 0 aliphatic rings. The minimum atomic E-state index is -0.00123. The molecule has 1 aromatic carbocycles. The molecule has 0 spiro atoms. The van der Waals surface area contributed by atoms with Gasteiger partial charge in [0, 0.05) is 0 Å². The molecule has 13 heavy (non-hydrogen) atoms. The molecule has 0 amide bonds. The van der Waals surface area contributed by atoms with Gasteiger partial charge in [-0.1, -0.05) is 0 Å². The fraction of sp³-hybridized carbons (Fsp3) is 0.222. The van der Waals surface area contributed by atoms with Gasteiger partial charge in [-0.2, -0.15) is 0 Å². The van der Waals surface area contributed by atoms with Crippen molar-refractivity contribution in [2.45, 2.75) is 6.54 Å². The molecule has 0 aliphatic heterocycles. The first-order valence-electron chi connectivity index (χ1n) is 3.97. The number of rotatable bonds is 2. The van der Waals surface area contributed by atoms with Gasteiger partial charge in [0.05, 0.1) is 0 Å². The van der Waals surface area contributed by atoms with Gasteiger partial charge in [-0.3, -0.25) is 0 Å². The van der Waals surface area contributed by atoms with E-state index in [1.165, 1.54) is 4.26 Å². The number of aromatic nitrogens is 1. The Morgan fingerprint density at radius 2 is 2.15 bits per heavy atom.